The second kappa shape index (κ2) is 7.54. The largest absolute Gasteiger partial charge is 0.360 e. The molecule has 1 fully saturated rings. The Morgan fingerprint density at radius 3 is 2.44 bits per heavy atom. The maximum Gasteiger partial charge on any atom is 0.273 e. The van der Waals surface area contributed by atoms with Gasteiger partial charge in [0, 0.05) is 18.7 Å². The molecular formula is C22H21BrF4N4O. The molecule has 5 nitrogen and oxygen atoms in total. The summed E-state index contributed by atoms with van der Waals surface area (Å²) < 4.78 is 57.9. The first kappa shape index (κ1) is 22.7. The van der Waals surface area contributed by atoms with Gasteiger partial charge >= 0.3 is 0 Å². The highest BCUT2D eigenvalue weighted by Crippen LogP contribution is 2.44. The standard InChI is InChI=1S/C22H21BrF4N4O/c1-20(2,13-5-4-6-14(16(13)25)21(3,26)27)30-18-12-9-31(22(10-24)7-8-22)19(32)15(23)17(12)28-11-29-18/h4-6,9,11H,7-8,10H2,1-3H3,(H,28,29,30). The first-order chi connectivity index (χ1) is 14.9. The molecule has 0 radical (unpaired) electrons. The van der Waals surface area contributed by atoms with Gasteiger partial charge in [0.15, 0.2) is 0 Å². The summed E-state index contributed by atoms with van der Waals surface area (Å²) in [6.45, 7) is 3.22. The van der Waals surface area contributed by atoms with Crippen molar-refractivity contribution in [3.8, 4) is 0 Å². The van der Waals surface area contributed by atoms with Crippen LogP contribution in [0.5, 0.6) is 0 Å². The van der Waals surface area contributed by atoms with Crippen molar-refractivity contribution in [2.45, 2.75) is 50.6 Å². The Bertz CT molecular complexity index is 1270. The fourth-order valence-electron chi connectivity index (χ4n) is 3.84. The molecule has 0 bridgehead atoms. The summed E-state index contributed by atoms with van der Waals surface area (Å²) in [6, 6.07) is 3.85. The molecule has 32 heavy (non-hydrogen) atoms. The van der Waals surface area contributed by atoms with Crippen molar-refractivity contribution < 1.29 is 17.6 Å². The van der Waals surface area contributed by atoms with Gasteiger partial charge in [-0.3, -0.25) is 4.79 Å². The average molecular weight is 513 g/mol. The van der Waals surface area contributed by atoms with Crippen LogP contribution in [0.4, 0.5) is 23.4 Å². The van der Waals surface area contributed by atoms with Gasteiger partial charge in [-0.1, -0.05) is 18.2 Å². The summed E-state index contributed by atoms with van der Waals surface area (Å²) in [4.78, 5) is 21.2. The van der Waals surface area contributed by atoms with E-state index in [9.17, 15) is 18.0 Å². The Labute approximate surface area is 190 Å². The molecule has 1 aliphatic carbocycles. The van der Waals surface area contributed by atoms with E-state index in [4.69, 9.17) is 0 Å². The molecule has 0 spiro atoms. The van der Waals surface area contributed by atoms with Crippen LogP contribution in [0, 0.1) is 5.82 Å². The lowest BCUT2D eigenvalue weighted by Crippen LogP contribution is -2.33. The monoisotopic (exact) mass is 512 g/mol. The Balaban J connectivity index is 1.84. The second-order valence-electron chi connectivity index (χ2n) is 8.77. The van der Waals surface area contributed by atoms with Crippen molar-refractivity contribution >= 4 is 32.7 Å². The van der Waals surface area contributed by atoms with Gasteiger partial charge in [-0.05, 0) is 42.6 Å². The molecule has 2 aromatic heterocycles. The Morgan fingerprint density at radius 2 is 1.84 bits per heavy atom. The van der Waals surface area contributed by atoms with Gasteiger partial charge in [0.25, 0.3) is 11.5 Å². The van der Waals surface area contributed by atoms with Crippen molar-refractivity contribution in [1.29, 1.82) is 0 Å². The van der Waals surface area contributed by atoms with Gasteiger partial charge in [0.05, 0.1) is 27.5 Å². The highest BCUT2D eigenvalue weighted by Gasteiger charge is 2.46. The third-order valence-corrected chi connectivity index (χ3v) is 6.63. The minimum Gasteiger partial charge on any atom is -0.360 e. The molecule has 10 heteroatoms. The predicted molar refractivity (Wildman–Crippen MR) is 117 cm³/mol. The quantitative estimate of drug-likeness (QED) is 0.436. The van der Waals surface area contributed by atoms with Gasteiger partial charge in [0.2, 0.25) is 0 Å². The van der Waals surface area contributed by atoms with Crippen LogP contribution in [-0.4, -0.2) is 21.2 Å². The van der Waals surface area contributed by atoms with Gasteiger partial charge < -0.3 is 9.88 Å². The summed E-state index contributed by atoms with van der Waals surface area (Å²) >= 11 is 3.27. The first-order valence-corrected chi connectivity index (χ1v) is 10.8. The van der Waals surface area contributed by atoms with Crippen LogP contribution >= 0.6 is 15.9 Å². The normalized spacial score (nSPS) is 15.8. The number of halogens is 5. The van der Waals surface area contributed by atoms with Crippen molar-refractivity contribution in [3.05, 3.63) is 62.5 Å². The lowest BCUT2D eigenvalue weighted by molar-refractivity contribution is 0.0135. The summed E-state index contributed by atoms with van der Waals surface area (Å²) in [5, 5.41) is 3.52. The third kappa shape index (κ3) is 3.68. The molecule has 0 aliphatic heterocycles. The van der Waals surface area contributed by atoms with E-state index in [1.54, 1.807) is 13.8 Å². The number of nitrogens with one attached hydrogen (secondary N) is 1. The number of benzene rings is 1. The topological polar surface area (TPSA) is 59.8 Å². The Hall–Kier alpha value is -2.49. The number of nitrogens with zero attached hydrogens (tertiary/aromatic N) is 3. The minimum atomic E-state index is -3.34. The summed E-state index contributed by atoms with van der Waals surface area (Å²) in [5.74, 6) is -4.09. The van der Waals surface area contributed by atoms with E-state index < -0.39 is 40.6 Å². The van der Waals surface area contributed by atoms with Crippen LogP contribution in [-0.2, 0) is 17.0 Å². The predicted octanol–water partition coefficient (Wildman–Crippen LogP) is 5.61. The van der Waals surface area contributed by atoms with Gasteiger partial charge in [-0.2, -0.15) is 0 Å². The number of hydrogen-bond donors (Lipinski definition) is 1. The number of alkyl halides is 3. The van der Waals surface area contributed by atoms with E-state index in [2.05, 4.69) is 31.2 Å². The SMILES string of the molecule is CC(F)(F)c1cccc(C(C)(C)Nc2ncnc3c(Br)c(=O)n(C4(CF)CC4)cc23)c1F. The van der Waals surface area contributed by atoms with Crippen LogP contribution in [0.25, 0.3) is 10.9 Å². The minimum absolute atomic E-state index is 0.0260. The summed E-state index contributed by atoms with van der Waals surface area (Å²) in [6.07, 6.45) is 3.81. The molecular weight excluding hydrogens is 492 g/mol. The number of anilines is 1. The molecule has 1 aliphatic rings. The first-order valence-electron chi connectivity index (χ1n) is 9.99. The maximum atomic E-state index is 15.0. The second-order valence-corrected chi connectivity index (χ2v) is 9.56. The molecule has 0 unspecified atom stereocenters. The zero-order valence-corrected chi connectivity index (χ0v) is 19.2. The van der Waals surface area contributed by atoms with E-state index in [1.807, 2.05) is 0 Å². The molecule has 0 atom stereocenters. The average Bonchev–Trinajstić information content (AvgIpc) is 3.51. The van der Waals surface area contributed by atoms with Gasteiger partial charge in [-0.15, -0.1) is 0 Å². The zero-order chi connectivity index (χ0) is 23.5. The highest BCUT2D eigenvalue weighted by atomic mass is 79.9. The number of hydrogen-bond acceptors (Lipinski definition) is 4. The van der Waals surface area contributed by atoms with Crippen LogP contribution in [0.1, 0.15) is 44.7 Å². The van der Waals surface area contributed by atoms with Crippen molar-refractivity contribution in [3.63, 3.8) is 0 Å². The number of fused-ring (bicyclic) bond motifs is 1. The molecule has 0 amide bonds. The van der Waals surface area contributed by atoms with E-state index in [-0.39, 0.29) is 15.9 Å². The summed E-state index contributed by atoms with van der Waals surface area (Å²) in [5.41, 5.74) is -2.81. The Morgan fingerprint density at radius 1 is 1.19 bits per heavy atom. The van der Waals surface area contributed by atoms with Gasteiger partial charge in [0.1, 0.15) is 29.1 Å². The summed E-state index contributed by atoms with van der Waals surface area (Å²) in [7, 11) is 0. The lowest BCUT2D eigenvalue weighted by atomic mass is 9.90. The lowest BCUT2D eigenvalue weighted by Gasteiger charge is -2.30. The fraction of sp³-hybridized carbons (Fsp3) is 0.409. The van der Waals surface area contributed by atoms with Crippen LogP contribution in [0.15, 0.2) is 40.0 Å². The maximum absolute atomic E-state index is 15.0. The van der Waals surface area contributed by atoms with E-state index >= 15 is 4.39 Å². The van der Waals surface area contributed by atoms with Gasteiger partial charge in [-0.25, -0.2) is 27.5 Å². The molecule has 170 valence electrons. The van der Waals surface area contributed by atoms with Crippen LogP contribution in [0.2, 0.25) is 0 Å². The molecule has 1 N–H and O–H groups in total. The number of rotatable bonds is 6. The third-order valence-electron chi connectivity index (χ3n) is 5.92. The number of pyridine rings is 1. The van der Waals surface area contributed by atoms with Crippen molar-refractivity contribution in [2.24, 2.45) is 0 Å². The molecule has 2 heterocycles. The molecule has 1 saturated carbocycles. The molecule has 3 aromatic rings. The van der Waals surface area contributed by atoms with E-state index in [0.29, 0.717) is 30.7 Å². The molecule has 4 rings (SSSR count). The molecule has 0 saturated heterocycles. The van der Waals surface area contributed by atoms with E-state index in [0.717, 1.165) is 6.07 Å². The molecule has 1 aromatic carbocycles. The van der Waals surface area contributed by atoms with Crippen LogP contribution < -0.4 is 10.9 Å². The number of aromatic nitrogens is 3. The smallest absolute Gasteiger partial charge is 0.273 e. The fourth-order valence-corrected chi connectivity index (χ4v) is 4.35. The van der Waals surface area contributed by atoms with Crippen molar-refractivity contribution in [2.75, 3.05) is 12.0 Å². The zero-order valence-electron chi connectivity index (χ0n) is 17.6. The highest BCUT2D eigenvalue weighted by molar-refractivity contribution is 9.10. The van der Waals surface area contributed by atoms with E-state index in [1.165, 1.54) is 29.2 Å². The van der Waals surface area contributed by atoms with Crippen molar-refractivity contribution in [1.82, 2.24) is 14.5 Å². The van der Waals surface area contributed by atoms with Crippen LogP contribution in [0.3, 0.4) is 0 Å². The Kier molecular flexibility index (Phi) is 5.34.